The van der Waals surface area contributed by atoms with Gasteiger partial charge in [0.15, 0.2) is 0 Å². The number of benzene rings is 1. The van der Waals surface area contributed by atoms with Gasteiger partial charge in [0.2, 0.25) is 5.91 Å². The molecule has 4 heteroatoms. The molecule has 24 heavy (non-hydrogen) atoms. The third-order valence-electron chi connectivity index (χ3n) is 4.65. The average Bonchev–Trinajstić information content (AvgIpc) is 2.62. The van der Waals surface area contributed by atoms with Crippen molar-refractivity contribution >= 4 is 5.91 Å². The van der Waals surface area contributed by atoms with Gasteiger partial charge >= 0.3 is 0 Å². The van der Waals surface area contributed by atoms with Crippen LogP contribution in [0.1, 0.15) is 45.1 Å². The van der Waals surface area contributed by atoms with E-state index in [4.69, 9.17) is 4.74 Å². The molecular formula is C20H32N2O2. The second-order valence-electron chi connectivity index (χ2n) is 6.53. The Morgan fingerprint density at radius 2 is 1.75 bits per heavy atom. The van der Waals surface area contributed by atoms with E-state index in [-0.39, 0.29) is 0 Å². The molecule has 0 spiro atoms. The topological polar surface area (TPSA) is 32.8 Å². The molecule has 0 aromatic heterocycles. The van der Waals surface area contributed by atoms with Gasteiger partial charge in [-0.3, -0.25) is 9.69 Å². The van der Waals surface area contributed by atoms with Crippen LogP contribution in [0.25, 0.3) is 0 Å². The lowest BCUT2D eigenvalue weighted by Gasteiger charge is -2.34. The zero-order chi connectivity index (χ0) is 17.2. The molecule has 0 aliphatic carbocycles. The van der Waals surface area contributed by atoms with Crippen molar-refractivity contribution in [3.8, 4) is 5.75 Å². The van der Waals surface area contributed by atoms with Crippen LogP contribution in [-0.2, 0) is 11.2 Å². The Bertz CT molecular complexity index is 479. The lowest BCUT2D eigenvalue weighted by atomic mass is 10.2. The highest BCUT2D eigenvalue weighted by molar-refractivity contribution is 5.76. The molecule has 1 aromatic rings. The van der Waals surface area contributed by atoms with E-state index in [0.29, 0.717) is 18.9 Å². The highest BCUT2D eigenvalue weighted by Gasteiger charge is 2.19. The third kappa shape index (κ3) is 6.16. The van der Waals surface area contributed by atoms with Gasteiger partial charge in [-0.15, -0.1) is 0 Å². The fourth-order valence-corrected chi connectivity index (χ4v) is 3.08. The van der Waals surface area contributed by atoms with Crippen LogP contribution in [0.5, 0.6) is 5.75 Å². The first kappa shape index (κ1) is 18.8. The second-order valence-corrected chi connectivity index (χ2v) is 6.53. The minimum absolute atomic E-state index is 0.304. The van der Waals surface area contributed by atoms with Gasteiger partial charge < -0.3 is 9.64 Å². The summed E-state index contributed by atoms with van der Waals surface area (Å²) in [4.78, 5) is 16.7. The molecule has 1 fully saturated rings. The number of carbonyl (C=O) groups is 1. The van der Waals surface area contributed by atoms with E-state index in [0.717, 1.165) is 57.7 Å². The maximum Gasteiger partial charge on any atom is 0.222 e. The minimum atomic E-state index is 0.304. The number of rotatable bonds is 9. The number of carbonyl (C=O) groups excluding carboxylic acids is 1. The van der Waals surface area contributed by atoms with Crippen LogP contribution in [0.3, 0.4) is 0 Å². The summed E-state index contributed by atoms with van der Waals surface area (Å²) in [5.74, 6) is 1.23. The summed E-state index contributed by atoms with van der Waals surface area (Å²) < 4.78 is 5.74. The minimum Gasteiger partial charge on any atom is -0.494 e. The van der Waals surface area contributed by atoms with Crippen LogP contribution < -0.4 is 4.74 Å². The van der Waals surface area contributed by atoms with E-state index < -0.39 is 0 Å². The molecule has 0 bridgehead atoms. The third-order valence-corrected chi connectivity index (χ3v) is 4.65. The van der Waals surface area contributed by atoms with Crippen molar-refractivity contribution in [3.05, 3.63) is 29.8 Å². The van der Waals surface area contributed by atoms with E-state index in [1.54, 1.807) is 0 Å². The number of piperazine rings is 1. The Balaban J connectivity index is 1.56. The Labute approximate surface area is 146 Å². The zero-order valence-corrected chi connectivity index (χ0v) is 15.3. The number of nitrogens with zero attached hydrogens (tertiary/aromatic N) is 2. The molecule has 1 aromatic carbocycles. The summed E-state index contributed by atoms with van der Waals surface area (Å²) in [6.45, 7) is 10.0. The summed E-state index contributed by atoms with van der Waals surface area (Å²) in [6.07, 6.45) is 4.72. The van der Waals surface area contributed by atoms with Gasteiger partial charge in [0.1, 0.15) is 5.75 Å². The molecule has 0 atom stereocenters. The van der Waals surface area contributed by atoms with Gasteiger partial charge in [-0.1, -0.05) is 26.0 Å². The molecule has 2 rings (SSSR count). The van der Waals surface area contributed by atoms with Gasteiger partial charge in [-0.2, -0.15) is 0 Å². The van der Waals surface area contributed by atoms with Crippen molar-refractivity contribution in [2.24, 2.45) is 0 Å². The van der Waals surface area contributed by atoms with Gasteiger partial charge in [-0.25, -0.2) is 0 Å². The molecule has 0 radical (unpaired) electrons. The SMILES string of the molecule is CCCN1CCN(C(=O)CCCCOc2ccc(CC)cc2)CC1. The van der Waals surface area contributed by atoms with Crippen LogP contribution in [0.4, 0.5) is 0 Å². The summed E-state index contributed by atoms with van der Waals surface area (Å²) in [5.41, 5.74) is 1.33. The smallest absolute Gasteiger partial charge is 0.222 e. The molecule has 1 aliphatic heterocycles. The molecule has 0 unspecified atom stereocenters. The monoisotopic (exact) mass is 332 g/mol. The van der Waals surface area contributed by atoms with Crippen molar-refractivity contribution in [3.63, 3.8) is 0 Å². The van der Waals surface area contributed by atoms with Crippen molar-refractivity contribution in [2.75, 3.05) is 39.3 Å². The van der Waals surface area contributed by atoms with Crippen LogP contribution in [-0.4, -0.2) is 55.0 Å². The van der Waals surface area contributed by atoms with E-state index in [1.807, 2.05) is 17.0 Å². The first-order valence-electron chi connectivity index (χ1n) is 9.44. The Morgan fingerprint density at radius 1 is 1.04 bits per heavy atom. The van der Waals surface area contributed by atoms with Crippen LogP contribution in [0.15, 0.2) is 24.3 Å². The Hall–Kier alpha value is -1.55. The molecule has 4 nitrogen and oxygen atoms in total. The number of ether oxygens (including phenoxy) is 1. The first-order chi connectivity index (χ1) is 11.7. The molecule has 134 valence electrons. The highest BCUT2D eigenvalue weighted by atomic mass is 16.5. The molecule has 0 N–H and O–H groups in total. The Morgan fingerprint density at radius 3 is 2.38 bits per heavy atom. The quantitative estimate of drug-likeness (QED) is 0.650. The summed E-state index contributed by atoms with van der Waals surface area (Å²) >= 11 is 0. The standard InChI is InChI=1S/C20H32N2O2/c1-3-12-21-13-15-22(16-14-21)20(23)7-5-6-17-24-19-10-8-18(4-2)9-11-19/h8-11H,3-7,12-17H2,1-2H3. The van der Waals surface area contributed by atoms with Crippen molar-refractivity contribution < 1.29 is 9.53 Å². The van der Waals surface area contributed by atoms with Crippen molar-refractivity contribution in [1.29, 1.82) is 0 Å². The summed E-state index contributed by atoms with van der Waals surface area (Å²) in [7, 11) is 0. The van der Waals surface area contributed by atoms with E-state index >= 15 is 0 Å². The van der Waals surface area contributed by atoms with Crippen molar-refractivity contribution in [2.45, 2.75) is 46.0 Å². The van der Waals surface area contributed by atoms with Gasteiger partial charge in [0, 0.05) is 32.6 Å². The highest BCUT2D eigenvalue weighted by Crippen LogP contribution is 2.13. The van der Waals surface area contributed by atoms with Gasteiger partial charge in [0.25, 0.3) is 0 Å². The fraction of sp³-hybridized carbons (Fsp3) is 0.650. The fourth-order valence-electron chi connectivity index (χ4n) is 3.08. The van der Waals surface area contributed by atoms with E-state index in [2.05, 4.69) is 30.9 Å². The van der Waals surface area contributed by atoms with Crippen molar-refractivity contribution in [1.82, 2.24) is 9.80 Å². The first-order valence-corrected chi connectivity index (χ1v) is 9.44. The van der Waals surface area contributed by atoms with Crippen LogP contribution in [0, 0.1) is 0 Å². The molecule has 1 aliphatic rings. The Kier molecular flexibility index (Phi) is 8.10. The molecule has 1 saturated heterocycles. The average molecular weight is 332 g/mol. The number of hydrogen-bond donors (Lipinski definition) is 0. The number of unbranched alkanes of at least 4 members (excludes halogenated alkanes) is 1. The van der Waals surface area contributed by atoms with E-state index in [1.165, 1.54) is 12.0 Å². The maximum absolute atomic E-state index is 12.2. The molecule has 1 amide bonds. The maximum atomic E-state index is 12.2. The predicted molar refractivity (Wildman–Crippen MR) is 98.5 cm³/mol. The number of hydrogen-bond acceptors (Lipinski definition) is 3. The predicted octanol–water partition coefficient (Wildman–Crippen LogP) is 3.35. The summed E-state index contributed by atoms with van der Waals surface area (Å²) in [6, 6.07) is 8.27. The lowest BCUT2D eigenvalue weighted by Crippen LogP contribution is -2.48. The molecule has 1 heterocycles. The number of amides is 1. The largest absolute Gasteiger partial charge is 0.494 e. The van der Waals surface area contributed by atoms with Gasteiger partial charge in [-0.05, 0) is 49.9 Å². The second kappa shape index (κ2) is 10.3. The number of aryl methyl sites for hydroxylation is 1. The molecule has 0 saturated carbocycles. The summed E-state index contributed by atoms with van der Waals surface area (Å²) in [5, 5.41) is 0. The molecular weight excluding hydrogens is 300 g/mol. The van der Waals surface area contributed by atoms with E-state index in [9.17, 15) is 4.79 Å². The van der Waals surface area contributed by atoms with Gasteiger partial charge in [0.05, 0.1) is 6.61 Å². The van der Waals surface area contributed by atoms with Crippen LogP contribution >= 0.6 is 0 Å². The normalized spacial score (nSPS) is 15.5. The van der Waals surface area contributed by atoms with Crippen LogP contribution in [0.2, 0.25) is 0 Å². The lowest BCUT2D eigenvalue weighted by molar-refractivity contribution is -0.133. The zero-order valence-electron chi connectivity index (χ0n) is 15.3.